The fraction of sp³-hybridized carbons (Fsp3) is 0.846. The number of nitrogens with zero attached hydrogens (tertiary/aromatic N) is 1. The molecular formula is C13H21NO2. The minimum Gasteiger partial charge on any atom is -0.448 e. The molecule has 90 valence electrons. The summed E-state index contributed by atoms with van der Waals surface area (Å²) in [5.41, 5.74) is 1.44. The van der Waals surface area contributed by atoms with Gasteiger partial charge in [-0.3, -0.25) is 0 Å². The highest BCUT2D eigenvalue weighted by atomic mass is 16.5. The van der Waals surface area contributed by atoms with E-state index in [0.29, 0.717) is 12.5 Å². The van der Waals surface area contributed by atoms with Gasteiger partial charge < -0.3 is 4.74 Å². The molecule has 2 atom stereocenters. The third-order valence-corrected chi connectivity index (χ3v) is 5.01. The summed E-state index contributed by atoms with van der Waals surface area (Å²) in [5.74, 6) is 0.686. The molecule has 0 unspecified atom stereocenters. The van der Waals surface area contributed by atoms with Crippen molar-refractivity contribution in [1.82, 2.24) is 0 Å². The van der Waals surface area contributed by atoms with Crippen LogP contribution in [0, 0.1) is 16.7 Å². The second-order valence-electron chi connectivity index (χ2n) is 5.75. The molecule has 3 heteroatoms. The molecule has 2 bridgehead atoms. The second kappa shape index (κ2) is 3.57. The Bertz CT molecular complexity index is 346. The molecule has 2 saturated carbocycles. The molecule has 16 heavy (non-hydrogen) atoms. The smallest absolute Gasteiger partial charge is 0.433 e. The summed E-state index contributed by atoms with van der Waals surface area (Å²) >= 11 is 0. The van der Waals surface area contributed by atoms with Crippen LogP contribution < -0.4 is 0 Å². The quantitative estimate of drug-likeness (QED) is 0.683. The Balaban J connectivity index is 2.24. The number of carbonyl (C=O) groups is 1. The van der Waals surface area contributed by atoms with E-state index in [0.717, 1.165) is 18.6 Å². The molecule has 0 aromatic heterocycles. The average Bonchev–Trinajstić information content (AvgIpc) is 2.51. The summed E-state index contributed by atoms with van der Waals surface area (Å²) in [6.45, 7) is 9.07. The van der Waals surface area contributed by atoms with E-state index in [1.54, 1.807) is 0 Å². The molecule has 0 N–H and O–H groups in total. The van der Waals surface area contributed by atoms with Crippen molar-refractivity contribution in [3.8, 4) is 0 Å². The van der Waals surface area contributed by atoms with Crippen LogP contribution >= 0.6 is 0 Å². The van der Waals surface area contributed by atoms with E-state index in [9.17, 15) is 4.79 Å². The minimum absolute atomic E-state index is 0.102. The highest BCUT2D eigenvalue weighted by Gasteiger charge is 2.59. The number of carbonyl (C=O) groups excluding carboxylic acids is 1. The highest BCUT2D eigenvalue weighted by molar-refractivity contribution is 6.00. The normalized spacial score (nSPS) is 38.0. The van der Waals surface area contributed by atoms with Crippen molar-refractivity contribution < 1.29 is 9.53 Å². The first-order valence-electron chi connectivity index (χ1n) is 6.16. The molecule has 2 aliphatic carbocycles. The van der Waals surface area contributed by atoms with Crippen LogP contribution in [0.25, 0.3) is 0 Å². The topological polar surface area (TPSA) is 38.7 Å². The third kappa shape index (κ3) is 1.40. The first-order chi connectivity index (χ1) is 7.41. The number of fused-ring (bicyclic) bond motifs is 2. The molecule has 2 rings (SSSR count). The maximum atomic E-state index is 11.4. The Morgan fingerprint density at radius 2 is 2.19 bits per heavy atom. The number of aliphatic imine (C=N–C) groups is 1. The molecule has 0 spiro atoms. The third-order valence-electron chi connectivity index (χ3n) is 5.01. The van der Waals surface area contributed by atoms with Crippen LogP contribution in [-0.4, -0.2) is 18.4 Å². The summed E-state index contributed by atoms with van der Waals surface area (Å²) in [7, 11) is 0. The van der Waals surface area contributed by atoms with Crippen molar-refractivity contribution >= 4 is 11.8 Å². The summed E-state index contributed by atoms with van der Waals surface area (Å²) < 4.78 is 4.90. The van der Waals surface area contributed by atoms with Crippen molar-refractivity contribution in [1.29, 1.82) is 0 Å². The van der Waals surface area contributed by atoms with Gasteiger partial charge in [0.2, 0.25) is 0 Å². The van der Waals surface area contributed by atoms with Gasteiger partial charge in [0.15, 0.2) is 0 Å². The lowest BCUT2D eigenvalue weighted by Gasteiger charge is -2.34. The summed E-state index contributed by atoms with van der Waals surface area (Å²) in [6.07, 6.45) is 2.98. The largest absolute Gasteiger partial charge is 0.448 e. The number of hydrogen-bond donors (Lipinski definition) is 0. The molecular weight excluding hydrogens is 202 g/mol. The van der Waals surface area contributed by atoms with Crippen LogP contribution in [-0.2, 0) is 4.74 Å². The predicted octanol–water partition coefficient (Wildman–Crippen LogP) is 3.43. The van der Waals surface area contributed by atoms with Crippen LogP contribution in [0.15, 0.2) is 4.99 Å². The maximum Gasteiger partial charge on any atom is 0.433 e. The molecule has 0 aromatic rings. The minimum atomic E-state index is -0.415. The second-order valence-corrected chi connectivity index (χ2v) is 5.75. The zero-order valence-corrected chi connectivity index (χ0v) is 10.7. The first kappa shape index (κ1) is 11.6. The number of hydrogen-bond acceptors (Lipinski definition) is 2. The first-order valence-corrected chi connectivity index (χ1v) is 6.16. The van der Waals surface area contributed by atoms with E-state index in [1.807, 2.05) is 6.92 Å². The van der Waals surface area contributed by atoms with Gasteiger partial charge in [-0.25, -0.2) is 4.79 Å². The Morgan fingerprint density at radius 3 is 2.62 bits per heavy atom. The van der Waals surface area contributed by atoms with Gasteiger partial charge in [-0.2, -0.15) is 4.99 Å². The summed E-state index contributed by atoms with van der Waals surface area (Å²) in [4.78, 5) is 15.6. The van der Waals surface area contributed by atoms with Gasteiger partial charge in [-0.05, 0) is 37.5 Å². The van der Waals surface area contributed by atoms with E-state index >= 15 is 0 Å². The van der Waals surface area contributed by atoms with Crippen molar-refractivity contribution in [2.75, 3.05) is 6.61 Å². The number of ether oxygens (including phenoxy) is 1. The van der Waals surface area contributed by atoms with Gasteiger partial charge >= 0.3 is 6.09 Å². The summed E-state index contributed by atoms with van der Waals surface area (Å²) in [6, 6.07) is 0. The predicted molar refractivity (Wildman–Crippen MR) is 63.7 cm³/mol. The van der Waals surface area contributed by atoms with Crippen LogP contribution in [0.4, 0.5) is 4.79 Å². The standard InChI is InChI=1S/C13H21NO2/c1-5-16-11(15)14-10-8-9-6-7-13(10,4)12(9,2)3/h9H,5-8H2,1-4H3/t9-,13+/m1/s1. The molecule has 2 aliphatic rings. The van der Waals surface area contributed by atoms with Crippen LogP contribution in [0.3, 0.4) is 0 Å². The van der Waals surface area contributed by atoms with Crippen LogP contribution in [0.1, 0.15) is 47.0 Å². The molecule has 1 amide bonds. The maximum absolute atomic E-state index is 11.4. The Kier molecular flexibility index (Phi) is 2.59. The van der Waals surface area contributed by atoms with Crippen LogP contribution in [0.5, 0.6) is 0 Å². The molecule has 2 fully saturated rings. The van der Waals surface area contributed by atoms with Gasteiger partial charge in [0.25, 0.3) is 0 Å². The molecule has 0 aliphatic heterocycles. The molecule has 0 saturated heterocycles. The highest BCUT2D eigenvalue weighted by Crippen LogP contribution is 2.63. The van der Waals surface area contributed by atoms with E-state index < -0.39 is 6.09 Å². The van der Waals surface area contributed by atoms with Crippen LogP contribution in [0.2, 0.25) is 0 Å². The Morgan fingerprint density at radius 1 is 1.50 bits per heavy atom. The SMILES string of the molecule is CCOC(=O)N=C1C[C@H]2CC[C@]1(C)C2(C)C. The van der Waals surface area contributed by atoms with Crippen molar-refractivity contribution in [2.24, 2.45) is 21.7 Å². The fourth-order valence-electron chi connectivity index (χ4n) is 3.36. The molecule has 3 nitrogen and oxygen atoms in total. The van der Waals surface area contributed by atoms with E-state index in [-0.39, 0.29) is 10.8 Å². The Hall–Kier alpha value is -0.860. The van der Waals surface area contributed by atoms with Gasteiger partial charge in [0.1, 0.15) is 0 Å². The van der Waals surface area contributed by atoms with Crippen molar-refractivity contribution in [3.05, 3.63) is 0 Å². The zero-order chi connectivity index (χ0) is 12.0. The summed E-state index contributed by atoms with van der Waals surface area (Å²) in [5, 5.41) is 0. The van der Waals surface area contributed by atoms with Crippen molar-refractivity contribution in [2.45, 2.75) is 47.0 Å². The molecule has 0 radical (unpaired) electrons. The van der Waals surface area contributed by atoms with E-state index in [2.05, 4.69) is 25.8 Å². The monoisotopic (exact) mass is 223 g/mol. The van der Waals surface area contributed by atoms with Gasteiger partial charge in [0.05, 0.1) is 6.61 Å². The lowest BCUT2D eigenvalue weighted by molar-refractivity contribution is 0.162. The molecule has 0 aromatic carbocycles. The lowest BCUT2D eigenvalue weighted by Crippen LogP contribution is -2.33. The number of amides is 1. The molecule has 0 heterocycles. The van der Waals surface area contributed by atoms with Crippen molar-refractivity contribution in [3.63, 3.8) is 0 Å². The Labute approximate surface area is 97.3 Å². The van der Waals surface area contributed by atoms with Gasteiger partial charge in [-0.15, -0.1) is 0 Å². The lowest BCUT2D eigenvalue weighted by atomic mass is 9.70. The van der Waals surface area contributed by atoms with E-state index in [4.69, 9.17) is 4.74 Å². The van der Waals surface area contributed by atoms with E-state index in [1.165, 1.54) is 6.42 Å². The fourth-order valence-corrected chi connectivity index (χ4v) is 3.36. The van der Waals surface area contributed by atoms with Gasteiger partial charge in [0, 0.05) is 11.1 Å². The number of rotatable bonds is 1. The average molecular weight is 223 g/mol. The van der Waals surface area contributed by atoms with Gasteiger partial charge in [-0.1, -0.05) is 20.8 Å². The zero-order valence-electron chi connectivity index (χ0n) is 10.7.